The van der Waals surface area contributed by atoms with Crippen molar-refractivity contribution in [2.75, 3.05) is 18.5 Å². The van der Waals surface area contributed by atoms with Gasteiger partial charge in [-0.05, 0) is 43.2 Å². The number of aliphatic imine (C=N–C) groups is 1. The van der Waals surface area contributed by atoms with E-state index in [0.717, 1.165) is 25.3 Å². The molecule has 1 amide bonds. The predicted molar refractivity (Wildman–Crippen MR) is 118 cm³/mol. The Kier molecular flexibility index (Phi) is 7.81. The minimum Gasteiger partial charge on any atom is -0.452 e. The van der Waals surface area contributed by atoms with Gasteiger partial charge in [0.2, 0.25) is 0 Å². The first kappa shape index (κ1) is 23.7. The molecule has 1 heterocycles. The number of sulfonamides is 1. The molecule has 0 radical (unpaired) electrons. The maximum atomic E-state index is 13.8. The van der Waals surface area contributed by atoms with Crippen LogP contribution in [0, 0.1) is 5.82 Å². The Morgan fingerprint density at radius 2 is 1.91 bits per heavy atom. The molecular weight excluding hydrogens is 461 g/mol. The third-order valence-electron chi connectivity index (χ3n) is 4.56. The number of nitrogens with zero attached hydrogens (tertiary/aromatic N) is 1. The summed E-state index contributed by atoms with van der Waals surface area (Å²) in [5, 5.41) is 2.30. The standard InChI is InChI=1S/C21H21ClFN3O5S/c22-16-8-5-9-17(23)20(16)21(28)31-13-19(27)25-14-6-4-7-15(12-14)32(29,30)26-18-10-2-1-3-11-24-18/h4-9,12H,1-3,10-11,13H2,(H,24,26)(H,25,27). The highest BCUT2D eigenvalue weighted by atomic mass is 35.5. The number of benzene rings is 2. The van der Waals surface area contributed by atoms with Crippen molar-refractivity contribution in [1.82, 2.24) is 4.72 Å². The zero-order valence-electron chi connectivity index (χ0n) is 16.9. The molecule has 170 valence electrons. The number of hydrogen-bond donors (Lipinski definition) is 2. The van der Waals surface area contributed by atoms with Crippen LogP contribution in [-0.4, -0.2) is 39.3 Å². The molecule has 2 aromatic carbocycles. The van der Waals surface area contributed by atoms with Crippen molar-refractivity contribution >= 4 is 45.0 Å². The van der Waals surface area contributed by atoms with Crippen LogP contribution in [0.5, 0.6) is 0 Å². The molecule has 32 heavy (non-hydrogen) atoms. The highest BCUT2D eigenvalue weighted by molar-refractivity contribution is 7.90. The van der Waals surface area contributed by atoms with Crippen LogP contribution in [0.2, 0.25) is 5.02 Å². The SMILES string of the molecule is O=C(COC(=O)c1c(F)cccc1Cl)Nc1cccc(S(=O)(=O)NC2=NCCCCC2)c1. The van der Waals surface area contributed by atoms with Gasteiger partial charge in [0.1, 0.15) is 17.2 Å². The highest BCUT2D eigenvalue weighted by Gasteiger charge is 2.20. The monoisotopic (exact) mass is 481 g/mol. The number of nitrogens with one attached hydrogen (secondary N) is 2. The average Bonchev–Trinajstić information content (AvgIpc) is 3.00. The van der Waals surface area contributed by atoms with E-state index in [1.54, 1.807) is 0 Å². The zero-order valence-corrected chi connectivity index (χ0v) is 18.5. The van der Waals surface area contributed by atoms with Crippen molar-refractivity contribution in [3.8, 4) is 0 Å². The Labute approximate surface area is 189 Å². The zero-order chi connectivity index (χ0) is 23.1. The summed E-state index contributed by atoms with van der Waals surface area (Å²) in [6.45, 7) is -0.139. The van der Waals surface area contributed by atoms with Gasteiger partial charge in [-0.1, -0.05) is 30.2 Å². The van der Waals surface area contributed by atoms with Crippen molar-refractivity contribution < 1.29 is 27.1 Å². The largest absolute Gasteiger partial charge is 0.452 e. The lowest BCUT2D eigenvalue weighted by molar-refractivity contribution is -0.119. The maximum Gasteiger partial charge on any atom is 0.343 e. The number of carbonyl (C=O) groups excluding carboxylic acids is 2. The van der Waals surface area contributed by atoms with Crippen molar-refractivity contribution in [3.05, 3.63) is 58.9 Å². The number of amidine groups is 1. The van der Waals surface area contributed by atoms with E-state index in [0.29, 0.717) is 18.8 Å². The van der Waals surface area contributed by atoms with Crippen LogP contribution in [0.4, 0.5) is 10.1 Å². The first-order valence-electron chi connectivity index (χ1n) is 9.83. The van der Waals surface area contributed by atoms with Crippen molar-refractivity contribution in [2.45, 2.75) is 30.6 Å². The molecular formula is C21H21ClFN3O5S. The molecule has 0 atom stereocenters. The van der Waals surface area contributed by atoms with Gasteiger partial charge < -0.3 is 10.1 Å². The number of ether oxygens (including phenoxy) is 1. The van der Waals surface area contributed by atoms with Gasteiger partial charge in [-0.15, -0.1) is 0 Å². The third-order valence-corrected chi connectivity index (χ3v) is 6.25. The molecule has 0 saturated heterocycles. The van der Waals surface area contributed by atoms with Gasteiger partial charge in [-0.2, -0.15) is 0 Å². The summed E-state index contributed by atoms with van der Waals surface area (Å²) >= 11 is 5.80. The molecule has 2 N–H and O–H groups in total. The summed E-state index contributed by atoms with van der Waals surface area (Å²) in [4.78, 5) is 28.3. The lowest BCUT2D eigenvalue weighted by atomic mass is 10.2. The Morgan fingerprint density at radius 3 is 2.69 bits per heavy atom. The van der Waals surface area contributed by atoms with E-state index < -0.39 is 39.9 Å². The molecule has 8 nitrogen and oxygen atoms in total. The van der Waals surface area contributed by atoms with Crippen molar-refractivity contribution in [3.63, 3.8) is 0 Å². The summed E-state index contributed by atoms with van der Waals surface area (Å²) < 4.78 is 46.4. The topological polar surface area (TPSA) is 114 Å². The van der Waals surface area contributed by atoms with Gasteiger partial charge >= 0.3 is 5.97 Å². The quantitative estimate of drug-likeness (QED) is 0.613. The Hall–Kier alpha value is -2.98. The molecule has 0 fully saturated rings. The summed E-state index contributed by atoms with van der Waals surface area (Å²) in [7, 11) is -3.88. The Bertz CT molecular complexity index is 1130. The van der Waals surface area contributed by atoms with Gasteiger partial charge in [0.15, 0.2) is 6.61 Å². The number of anilines is 1. The summed E-state index contributed by atoms with van der Waals surface area (Å²) in [6, 6.07) is 9.30. The predicted octanol–water partition coefficient (Wildman–Crippen LogP) is 3.53. The number of amides is 1. The second-order valence-corrected chi connectivity index (χ2v) is 9.08. The first-order valence-corrected chi connectivity index (χ1v) is 11.7. The van der Waals surface area contributed by atoms with E-state index in [9.17, 15) is 22.4 Å². The molecule has 0 saturated carbocycles. The van der Waals surface area contributed by atoms with E-state index in [4.69, 9.17) is 16.3 Å². The number of halogens is 2. The minimum atomic E-state index is -3.88. The van der Waals surface area contributed by atoms with Gasteiger partial charge in [0.05, 0.1) is 9.92 Å². The lowest BCUT2D eigenvalue weighted by Crippen LogP contribution is -2.30. The van der Waals surface area contributed by atoms with Gasteiger partial charge in [-0.25, -0.2) is 17.6 Å². The normalized spacial score (nSPS) is 14.1. The van der Waals surface area contributed by atoms with E-state index >= 15 is 0 Å². The van der Waals surface area contributed by atoms with Gasteiger partial charge in [0.25, 0.3) is 15.9 Å². The molecule has 0 aliphatic carbocycles. The first-order chi connectivity index (χ1) is 15.3. The van der Waals surface area contributed by atoms with Crippen LogP contribution in [0.3, 0.4) is 0 Å². The Balaban J connectivity index is 1.62. The smallest absolute Gasteiger partial charge is 0.343 e. The van der Waals surface area contributed by atoms with Crippen molar-refractivity contribution in [1.29, 1.82) is 0 Å². The van der Waals surface area contributed by atoms with Crippen LogP contribution < -0.4 is 10.0 Å². The molecule has 2 aromatic rings. The third kappa shape index (κ3) is 6.27. The van der Waals surface area contributed by atoms with E-state index in [1.807, 2.05) is 0 Å². The Morgan fingerprint density at radius 1 is 1.12 bits per heavy atom. The summed E-state index contributed by atoms with van der Waals surface area (Å²) in [6.07, 6.45) is 3.31. The fourth-order valence-electron chi connectivity index (χ4n) is 3.01. The summed E-state index contributed by atoms with van der Waals surface area (Å²) in [5.41, 5.74) is -0.289. The van der Waals surface area contributed by atoms with Crippen LogP contribution >= 0.6 is 11.6 Å². The minimum absolute atomic E-state index is 0.0580. The second kappa shape index (κ2) is 10.6. The van der Waals surface area contributed by atoms with E-state index in [1.165, 1.54) is 36.4 Å². The number of esters is 1. The summed E-state index contributed by atoms with van der Waals surface area (Å²) in [5.74, 6) is -2.28. The average molecular weight is 482 g/mol. The number of hydrogen-bond acceptors (Lipinski definition) is 6. The highest BCUT2D eigenvalue weighted by Crippen LogP contribution is 2.20. The van der Waals surface area contributed by atoms with Crippen LogP contribution in [0.15, 0.2) is 52.4 Å². The number of carbonyl (C=O) groups is 2. The number of rotatable bonds is 6. The van der Waals surface area contributed by atoms with Gasteiger partial charge in [0, 0.05) is 18.7 Å². The molecule has 0 bridgehead atoms. The van der Waals surface area contributed by atoms with Gasteiger partial charge in [-0.3, -0.25) is 14.5 Å². The maximum absolute atomic E-state index is 13.8. The molecule has 0 unspecified atom stereocenters. The molecule has 0 aromatic heterocycles. The van der Waals surface area contributed by atoms with Crippen molar-refractivity contribution in [2.24, 2.45) is 4.99 Å². The van der Waals surface area contributed by atoms with Crippen LogP contribution in [-0.2, 0) is 19.6 Å². The second-order valence-electron chi connectivity index (χ2n) is 6.99. The fraction of sp³-hybridized carbons (Fsp3) is 0.286. The molecule has 3 rings (SSSR count). The van der Waals surface area contributed by atoms with Crippen LogP contribution in [0.25, 0.3) is 0 Å². The molecule has 0 spiro atoms. The molecule has 1 aliphatic rings. The van der Waals surface area contributed by atoms with Crippen LogP contribution in [0.1, 0.15) is 36.0 Å². The van der Waals surface area contributed by atoms with E-state index in [-0.39, 0.29) is 15.6 Å². The molecule has 1 aliphatic heterocycles. The lowest BCUT2D eigenvalue weighted by Gasteiger charge is -2.11. The fourth-order valence-corrected chi connectivity index (χ4v) is 4.38. The van der Waals surface area contributed by atoms with E-state index in [2.05, 4.69) is 15.0 Å². The molecule has 11 heteroatoms.